The van der Waals surface area contributed by atoms with Crippen LogP contribution < -0.4 is 5.32 Å². The van der Waals surface area contributed by atoms with Crippen LogP contribution in [0.3, 0.4) is 0 Å². The topological polar surface area (TPSA) is 50.4 Å². The van der Waals surface area contributed by atoms with Crippen LogP contribution in [0.15, 0.2) is 42.5 Å². The van der Waals surface area contributed by atoms with Gasteiger partial charge in [0.05, 0.1) is 16.7 Å². The van der Waals surface area contributed by atoms with E-state index in [0.717, 1.165) is 42.3 Å². The molecule has 0 amide bonds. The lowest BCUT2D eigenvalue weighted by Gasteiger charge is -2.14. The molecule has 0 saturated heterocycles. The second-order valence-electron chi connectivity index (χ2n) is 7.32. The number of likely N-dealkylation sites (N-methyl/N-ethyl adjacent to an activating group) is 1. The van der Waals surface area contributed by atoms with Gasteiger partial charge in [-0.3, -0.25) is 4.40 Å². The first-order valence-corrected chi connectivity index (χ1v) is 9.31. The molecule has 0 fully saturated rings. The number of aromatic nitrogens is 4. The molecule has 6 nitrogen and oxygen atoms in total. The van der Waals surface area contributed by atoms with E-state index >= 15 is 0 Å². The van der Waals surface area contributed by atoms with Crippen molar-refractivity contribution in [2.75, 3.05) is 32.5 Å². The van der Waals surface area contributed by atoms with Gasteiger partial charge in [-0.05, 0) is 45.6 Å². The summed E-state index contributed by atoms with van der Waals surface area (Å²) in [5.41, 5.74) is 6.78. The van der Waals surface area contributed by atoms with E-state index in [0.29, 0.717) is 0 Å². The predicted molar refractivity (Wildman–Crippen MR) is 111 cm³/mol. The molecule has 27 heavy (non-hydrogen) atoms. The van der Waals surface area contributed by atoms with Crippen molar-refractivity contribution in [1.29, 1.82) is 0 Å². The first-order valence-electron chi connectivity index (χ1n) is 9.31. The first kappa shape index (κ1) is 17.5. The second-order valence-corrected chi connectivity index (χ2v) is 7.32. The standard InChI is InChI=1S/C21H26N6/c1-15-12-20-19(26(15)14-17-8-6-5-7-9-17)13-18(22-10-11-25(3)4)21-24-23-16(2)27(20)21/h5-9,12-13,22H,10-11,14H2,1-4H3. The Morgan fingerprint density at radius 2 is 1.78 bits per heavy atom. The highest BCUT2D eigenvalue weighted by atomic mass is 15.3. The van der Waals surface area contributed by atoms with Crippen LogP contribution in [0.4, 0.5) is 5.69 Å². The molecule has 3 heterocycles. The maximum atomic E-state index is 4.42. The summed E-state index contributed by atoms with van der Waals surface area (Å²) in [7, 11) is 4.16. The maximum Gasteiger partial charge on any atom is 0.184 e. The van der Waals surface area contributed by atoms with Gasteiger partial charge in [0, 0.05) is 25.3 Å². The van der Waals surface area contributed by atoms with Crippen molar-refractivity contribution in [3.8, 4) is 0 Å². The van der Waals surface area contributed by atoms with Crippen LogP contribution in [0.5, 0.6) is 0 Å². The lowest BCUT2D eigenvalue weighted by Crippen LogP contribution is -2.21. The first-order chi connectivity index (χ1) is 13.0. The van der Waals surface area contributed by atoms with Crippen molar-refractivity contribution in [2.24, 2.45) is 0 Å². The fourth-order valence-corrected chi connectivity index (χ4v) is 3.56. The Balaban J connectivity index is 1.84. The second kappa shape index (κ2) is 7.04. The monoisotopic (exact) mass is 362 g/mol. The van der Waals surface area contributed by atoms with Gasteiger partial charge in [0.2, 0.25) is 0 Å². The Hall–Kier alpha value is -2.86. The molecular weight excluding hydrogens is 336 g/mol. The largest absolute Gasteiger partial charge is 0.381 e. The molecule has 0 radical (unpaired) electrons. The fraction of sp³-hybridized carbons (Fsp3) is 0.333. The highest BCUT2D eigenvalue weighted by molar-refractivity contribution is 5.88. The lowest BCUT2D eigenvalue weighted by molar-refractivity contribution is 0.425. The molecule has 0 spiro atoms. The third-order valence-electron chi connectivity index (χ3n) is 4.97. The van der Waals surface area contributed by atoms with Crippen LogP contribution in [0.2, 0.25) is 0 Å². The Bertz CT molecular complexity index is 1070. The number of hydrogen-bond acceptors (Lipinski definition) is 4. The average molecular weight is 362 g/mol. The highest BCUT2D eigenvalue weighted by Gasteiger charge is 2.16. The van der Waals surface area contributed by atoms with Crippen molar-refractivity contribution in [2.45, 2.75) is 20.4 Å². The molecule has 0 aliphatic carbocycles. The summed E-state index contributed by atoms with van der Waals surface area (Å²) in [6.45, 7) is 6.83. The van der Waals surface area contributed by atoms with Crippen LogP contribution >= 0.6 is 0 Å². The minimum Gasteiger partial charge on any atom is -0.381 e. The fourth-order valence-electron chi connectivity index (χ4n) is 3.56. The van der Waals surface area contributed by atoms with Gasteiger partial charge in [0.1, 0.15) is 5.82 Å². The van der Waals surface area contributed by atoms with Crippen LogP contribution in [-0.4, -0.2) is 51.2 Å². The van der Waals surface area contributed by atoms with Gasteiger partial charge in [-0.1, -0.05) is 30.3 Å². The normalized spacial score (nSPS) is 11.7. The quantitative estimate of drug-likeness (QED) is 0.572. The highest BCUT2D eigenvalue weighted by Crippen LogP contribution is 2.28. The summed E-state index contributed by atoms with van der Waals surface area (Å²) in [5, 5.41) is 12.3. The van der Waals surface area contributed by atoms with Gasteiger partial charge in [-0.15, -0.1) is 10.2 Å². The minimum absolute atomic E-state index is 0.847. The van der Waals surface area contributed by atoms with Gasteiger partial charge in [-0.25, -0.2) is 0 Å². The molecule has 0 unspecified atom stereocenters. The zero-order valence-electron chi connectivity index (χ0n) is 16.4. The van der Waals surface area contributed by atoms with E-state index in [2.05, 4.69) is 92.9 Å². The van der Waals surface area contributed by atoms with E-state index in [-0.39, 0.29) is 0 Å². The molecule has 4 rings (SSSR count). The molecule has 0 aliphatic heterocycles. The van der Waals surface area contributed by atoms with E-state index in [1.54, 1.807) is 0 Å². The van der Waals surface area contributed by atoms with Gasteiger partial charge >= 0.3 is 0 Å². The minimum atomic E-state index is 0.847. The van der Waals surface area contributed by atoms with Crippen molar-refractivity contribution in [3.63, 3.8) is 0 Å². The number of nitrogens with zero attached hydrogens (tertiary/aromatic N) is 5. The zero-order valence-corrected chi connectivity index (χ0v) is 16.4. The number of benzene rings is 1. The number of rotatable bonds is 6. The van der Waals surface area contributed by atoms with E-state index in [4.69, 9.17) is 0 Å². The van der Waals surface area contributed by atoms with E-state index in [1.165, 1.54) is 16.8 Å². The molecule has 1 N–H and O–H groups in total. The lowest BCUT2D eigenvalue weighted by atomic mass is 10.2. The van der Waals surface area contributed by atoms with E-state index < -0.39 is 0 Å². The molecule has 140 valence electrons. The van der Waals surface area contributed by atoms with Crippen LogP contribution in [0.25, 0.3) is 16.7 Å². The number of pyridine rings is 1. The van der Waals surface area contributed by atoms with E-state index in [1.807, 2.05) is 6.92 Å². The van der Waals surface area contributed by atoms with Crippen LogP contribution in [0.1, 0.15) is 17.1 Å². The summed E-state index contributed by atoms with van der Waals surface area (Å²) in [5.74, 6) is 0.906. The Morgan fingerprint density at radius 3 is 2.52 bits per heavy atom. The Morgan fingerprint density at radius 1 is 1.00 bits per heavy atom. The zero-order chi connectivity index (χ0) is 19.0. The number of fused-ring (bicyclic) bond motifs is 3. The summed E-state index contributed by atoms with van der Waals surface area (Å²) in [6.07, 6.45) is 0. The molecule has 0 atom stereocenters. The molecular formula is C21H26N6. The maximum absolute atomic E-state index is 4.42. The number of anilines is 1. The predicted octanol–water partition coefficient (Wildman–Crippen LogP) is 3.32. The molecule has 0 bridgehead atoms. The number of nitrogens with one attached hydrogen (secondary N) is 1. The summed E-state index contributed by atoms with van der Waals surface area (Å²) in [4.78, 5) is 2.17. The Labute approximate surface area is 159 Å². The SMILES string of the molecule is Cc1cc2c(cc(NCCN(C)C)c3nnc(C)n32)n1Cc1ccccc1. The van der Waals surface area contributed by atoms with Crippen LogP contribution in [-0.2, 0) is 6.54 Å². The molecule has 3 aromatic heterocycles. The Kier molecular flexibility index (Phi) is 4.58. The molecule has 0 aliphatic rings. The smallest absolute Gasteiger partial charge is 0.184 e. The third kappa shape index (κ3) is 3.28. The van der Waals surface area contributed by atoms with Crippen molar-refractivity contribution < 1.29 is 0 Å². The summed E-state index contributed by atoms with van der Waals surface area (Å²) >= 11 is 0. The van der Waals surface area contributed by atoms with E-state index in [9.17, 15) is 0 Å². The number of hydrogen-bond donors (Lipinski definition) is 1. The third-order valence-corrected chi connectivity index (χ3v) is 4.97. The van der Waals surface area contributed by atoms with Gasteiger partial charge in [-0.2, -0.15) is 0 Å². The van der Waals surface area contributed by atoms with Gasteiger partial charge in [0.15, 0.2) is 5.65 Å². The molecule has 0 saturated carbocycles. The summed E-state index contributed by atoms with van der Waals surface area (Å²) in [6, 6.07) is 15.0. The average Bonchev–Trinajstić information content (AvgIpc) is 3.17. The molecule has 1 aromatic carbocycles. The number of aryl methyl sites for hydroxylation is 2. The van der Waals surface area contributed by atoms with Gasteiger partial charge < -0.3 is 14.8 Å². The van der Waals surface area contributed by atoms with Gasteiger partial charge in [0.25, 0.3) is 0 Å². The van der Waals surface area contributed by atoms with Crippen molar-refractivity contribution in [1.82, 2.24) is 24.1 Å². The van der Waals surface area contributed by atoms with Crippen molar-refractivity contribution in [3.05, 3.63) is 59.5 Å². The van der Waals surface area contributed by atoms with Crippen LogP contribution in [0, 0.1) is 13.8 Å². The van der Waals surface area contributed by atoms with Crippen molar-refractivity contribution >= 4 is 22.4 Å². The molecule has 4 aromatic rings. The summed E-state index contributed by atoms with van der Waals surface area (Å²) < 4.78 is 4.52. The molecule has 6 heteroatoms.